The van der Waals surface area contributed by atoms with Crippen LogP contribution in [0.3, 0.4) is 0 Å². The van der Waals surface area contributed by atoms with Crippen LogP contribution in [0.4, 0.5) is 0 Å². The highest BCUT2D eigenvalue weighted by Crippen LogP contribution is 2.31. The van der Waals surface area contributed by atoms with Crippen molar-refractivity contribution in [3.63, 3.8) is 0 Å². The van der Waals surface area contributed by atoms with Gasteiger partial charge >= 0.3 is 0 Å². The van der Waals surface area contributed by atoms with Crippen LogP contribution in [0.5, 0.6) is 5.75 Å². The Kier molecular flexibility index (Phi) is 5.19. The first kappa shape index (κ1) is 16.6. The Balaban J connectivity index is 1.59. The van der Waals surface area contributed by atoms with Crippen LogP contribution in [0.1, 0.15) is 55.3 Å². The van der Waals surface area contributed by atoms with E-state index in [0.29, 0.717) is 5.92 Å². The summed E-state index contributed by atoms with van der Waals surface area (Å²) in [5, 5.41) is 3.10. The van der Waals surface area contributed by atoms with Crippen LogP contribution in [0.25, 0.3) is 0 Å². The molecule has 0 bridgehead atoms. The predicted octanol–water partition coefficient (Wildman–Crippen LogP) is 4.38. The third kappa shape index (κ3) is 3.61. The molecule has 1 N–H and O–H groups in total. The van der Waals surface area contributed by atoms with Gasteiger partial charge < -0.3 is 10.1 Å². The number of fused-ring (bicyclic) bond motifs is 1. The Labute approximate surface area is 144 Å². The van der Waals surface area contributed by atoms with Crippen molar-refractivity contribution in [2.24, 2.45) is 0 Å². The first-order valence-corrected chi connectivity index (χ1v) is 8.78. The van der Waals surface area contributed by atoms with Gasteiger partial charge in [0.1, 0.15) is 5.75 Å². The minimum absolute atomic E-state index is 0.0596. The molecule has 24 heavy (non-hydrogen) atoms. The lowest BCUT2D eigenvalue weighted by atomic mass is 9.98. The van der Waals surface area contributed by atoms with Gasteiger partial charge in [-0.2, -0.15) is 0 Å². The third-order valence-corrected chi connectivity index (χ3v) is 4.89. The quantitative estimate of drug-likeness (QED) is 0.856. The summed E-state index contributed by atoms with van der Waals surface area (Å²) < 4.78 is 5.81. The smallest absolute Gasteiger partial charge is 0.258 e. The molecule has 126 valence electrons. The number of carbonyl (C=O) groups excluding carboxylic acids is 1. The molecule has 2 aromatic carbocycles. The number of aryl methyl sites for hydroxylation is 1. The zero-order valence-corrected chi connectivity index (χ0v) is 14.4. The molecular weight excluding hydrogens is 298 g/mol. The van der Waals surface area contributed by atoms with E-state index < -0.39 is 0 Å². The number of rotatable bonds is 6. The maximum Gasteiger partial charge on any atom is 0.258 e. The van der Waals surface area contributed by atoms with Crippen molar-refractivity contribution in [2.45, 2.75) is 45.1 Å². The van der Waals surface area contributed by atoms with Crippen LogP contribution >= 0.6 is 0 Å². The largest absolute Gasteiger partial charge is 0.483 e. The second-order valence-corrected chi connectivity index (χ2v) is 6.49. The van der Waals surface area contributed by atoms with Crippen LogP contribution in [-0.2, 0) is 11.2 Å². The fraction of sp³-hybridized carbons (Fsp3) is 0.381. The molecule has 0 radical (unpaired) electrons. The fourth-order valence-electron chi connectivity index (χ4n) is 3.33. The summed E-state index contributed by atoms with van der Waals surface area (Å²) in [6.07, 6.45) is 3.04. The lowest BCUT2D eigenvalue weighted by molar-refractivity contribution is -0.123. The third-order valence-electron chi connectivity index (χ3n) is 4.89. The van der Waals surface area contributed by atoms with Gasteiger partial charge in [-0.3, -0.25) is 4.79 Å². The first-order chi connectivity index (χ1) is 11.7. The van der Waals surface area contributed by atoms with E-state index in [0.717, 1.165) is 25.0 Å². The number of nitrogens with one attached hydrogen (secondary N) is 1. The molecule has 1 aliphatic carbocycles. The average molecular weight is 323 g/mol. The van der Waals surface area contributed by atoms with Gasteiger partial charge in [0.05, 0.1) is 6.04 Å². The lowest BCUT2D eigenvalue weighted by Gasteiger charge is -2.17. The van der Waals surface area contributed by atoms with Crippen LogP contribution in [-0.4, -0.2) is 12.5 Å². The van der Waals surface area contributed by atoms with Crippen molar-refractivity contribution in [1.29, 1.82) is 0 Å². The van der Waals surface area contributed by atoms with Gasteiger partial charge in [0.2, 0.25) is 0 Å². The summed E-state index contributed by atoms with van der Waals surface area (Å²) >= 11 is 0. The number of hydrogen-bond acceptors (Lipinski definition) is 2. The predicted molar refractivity (Wildman–Crippen MR) is 96.3 cm³/mol. The minimum Gasteiger partial charge on any atom is -0.483 e. The average Bonchev–Trinajstić information content (AvgIpc) is 3.02. The molecule has 0 fully saturated rings. The summed E-state index contributed by atoms with van der Waals surface area (Å²) in [4.78, 5) is 12.3. The first-order valence-electron chi connectivity index (χ1n) is 8.78. The van der Waals surface area contributed by atoms with Crippen molar-refractivity contribution < 1.29 is 9.53 Å². The van der Waals surface area contributed by atoms with Crippen molar-refractivity contribution >= 4 is 5.91 Å². The van der Waals surface area contributed by atoms with E-state index in [-0.39, 0.29) is 18.6 Å². The molecule has 3 rings (SSSR count). The standard InChI is InChI=1S/C21H25NO2/c1-3-15(2)17-9-6-7-11-20(17)24-14-21(23)22-19-13-12-16-8-4-5-10-18(16)19/h4-11,15,19H,3,12-14H2,1-2H3,(H,22,23)/t15-,19-/m0/s1. The molecule has 1 amide bonds. The molecule has 0 spiro atoms. The van der Waals surface area contributed by atoms with Crippen molar-refractivity contribution in [1.82, 2.24) is 5.32 Å². The van der Waals surface area contributed by atoms with E-state index in [2.05, 4.69) is 43.4 Å². The number of ether oxygens (including phenoxy) is 1. The molecule has 0 aliphatic heterocycles. The number of amides is 1. The molecule has 2 atom stereocenters. The summed E-state index contributed by atoms with van der Waals surface area (Å²) in [7, 11) is 0. The van der Waals surface area contributed by atoms with Crippen LogP contribution in [0.15, 0.2) is 48.5 Å². The maximum atomic E-state index is 12.3. The molecule has 2 aromatic rings. The Hall–Kier alpha value is -2.29. The Morgan fingerprint density at radius 2 is 1.96 bits per heavy atom. The zero-order chi connectivity index (χ0) is 16.9. The number of benzene rings is 2. The fourth-order valence-corrected chi connectivity index (χ4v) is 3.33. The van der Waals surface area contributed by atoms with E-state index >= 15 is 0 Å². The Morgan fingerprint density at radius 3 is 2.79 bits per heavy atom. The molecule has 0 aromatic heterocycles. The van der Waals surface area contributed by atoms with E-state index in [9.17, 15) is 4.79 Å². The van der Waals surface area contributed by atoms with Gasteiger partial charge in [0.15, 0.2) is 6.61 Å². The topological polar surface area (TPSA) is 38.3 Å². The number of carbonyl (C=O) groups is 1. The molecule has 0 saturated heterocycles. The molecule has 0 unspecified atom stereocenters. The highest BCUT2D eigenvalue weighted by atomic mass is 16.5. The molecule has 0 heterocycles. The van der Waals surface area contributed by atoms with Crippen molar-refractivity contribution in [3.8, 4) is 5.75 Å². The zero-order valence-electron chi connectivity index (χ0n) is 14.4. The van der Waals surface area contributed by atoms with Gasteiger partial charge in [-0.25, -0.2) is 0 Å². The number of hydrogen-bond donors (Lipinski definition) is 1. The van der Waals surface area contributed by atoms with E-state index in [1.54, 1.807) is 0 Å². The molecule has 0 saturated carbocycles. The van der Waals surface area contributed by atoms with Gasteiger partial charge in [-0.1, -0.05) is 56.3 Å². The number of para-hydroxylation sites is 1. The normalized spacial score (nSPS) is 17.2. The van der Waals surface area contributed by atoms with E-state index in [4.69, 9.17) is 4.74 Å². The summed E-state index contributed by atoms with van der Waals surface area (Å²) in [6.45, 7) is 4.40. The monoisotopic (exact) mass is 323 g/mol. The Morgan fingerprint density at radius 1 is 1.21 bits per heavy atom. The minimum atomic E-state index is -0.0596. The highest BCUT2D eigenvalue weighted by molar-refractivity contribution is 5.78. The highest BCUT2D eigenvalue weighted by Gasteiger charge is 2.23. The molecular formula is C21H25NO2. The molecule has 3 nitrogen and oxygen atoms in total. The van der Waals surface area contributed by atoms with E-state index in [1.165, 1.54) is 16.7 Å². The van der Waals surface area contributed by atoms with Crippen molar-refractivity contribution in [3.05, 3.63) is 65.2 Å². The van der Waals surface area contributed by atoms with Crippen LogP contribution in [0, 0.1) is 0 Å². The maximum absolute atomic E-state index is 12.3. The van der Waals surface area contributed by atoms with Crippen molar-refractivity contribution in [2.75, 3.05) is 6.61 Å². The molecule has 1 aliphatic rings. The van der Waals surface area contributed by atoms with Gasteiger partial charge in [-0.05, 0) is 47.9 Å². The van der Waals surface area contributed by atoms with Gasteiger partial charge in [0.25, 0.3) is 5.91 Å². The molecule has 3 heteroatoms. The SMILES string of the molecule is CC[C@H](C)c1ccccc1OCC(=O)N[C@H]1CCc2ccccc21. The van der Waals surface area contributed by atoms with Gasteiger partial charge in [0, 0.05) is 0 Å². The summed E-state index contributed by atoms with van der Waals surface area (Å²) in [5.41, 5.74) is 3.75. The summed E-state index contributed by atoms with van der Waals surface area (Å²) in [6, 6.07) is 16.4. The van der Waals surface area contributed by atoms with Crippen LogP contribution < -0.4 is 10.1 Å². The van der Waals surface area contributed by atoms with E-state index in [1.807, 2.05) is 24.3 Å². The second-order valence-electron chi connectivity index (χ2n) is 6.49. The lowest BCUT2D eigenvalue weighted by Crippen LogP contribution is -2.31. The second kappa shape index (κ2) is 7.52. The van der Waals surface area contributed by atoms with Gasteiger partial charge in [-0.15, -0.1) is 0 Å². The van der Waals surface area contributed by atoms with Crippen LogP contribution in [0.2, 0.25) is 0 Å². The summed E-state index contributed by atoms with van der Waals surface area (Å²) in [5.74, 6) is 1.18. The Bertz CT molecular complexity index is 710.